The van der Waals surface area contributed by atoms with E-state index in [1.54, 1.807) is 0 Å². The summed E-state index contributed by atoms with van der Waals surface area (Å²) < 4.78 is 0.703. The monoisotopic (exact) mass is 287 g/mol. The fraction of sp³-hybridized carbons (Fsp3) is 0.455. The Balaban J connectivity index is 1.89. The van der Waals surface area contributed by atoms with Crippen molar-refractivity contribution in [1.82, 2.24) is 16.0 Å². The SMILES string of the molecule is CC(NC(=O)C1CNC(=O)CN1)c1ccc(Cl)s1. The standard InChI is InChI=1S/C11H14ClN3O2S/c1-6(8-2-3-9(12)18-8)15-11(17)7-4-14-10(16)5-13-7/h2-3,6-7,13H,4-5H2,1H3,(H,14,16)(H,15,17). The first-order valence-electron chi connectivity index (χ1n) is 5.62. The summed E-state index contributed by atoms with van der Waals surface area (Å²) >= 11 is 7.30. The van der Waals surface area contributed by atoms with Crippen molar-refractivity contribution in [3.63, 3.8) is 0 Å². The van der Waals surface area contributed by atoms with Crippen molar-refractivity contribution < 1.29 is 9.59 Å². The Morgan fingerprint density at radius 2 is 2.39 bits per heavy atom. The van der Waals surface area contributed by atoms with E-state index in [0.717, 1.165) is 4.88 Å². The molecule has 0 radical (unpaired) electrons. The maximum absolute atomic E-state index is 11.9. The van der Waals surface area contributed by atoms with Gasteiger partial charge in [0.05, 0.1) is 16.9 Å². The van der Waals surface area contributed by atoms with Crippen molar-refractivity contribution in [2.24, 2.45) is 0 Å². The second-order valence-electron chi connectivity index (χ2n) is 4.11. The van der Waals surface area contributed by atoms with Crippen LogP contribution in [-0.2, 0) is 9.59 Å². The van der Waals surface area contributed by atoms with E-state index in [-0.39, 0.29) is 30.4 Å². The van der Waals surface area contributed by atoms with E-state index >= 15 is 0 Å². The average molecular weight is 288 g/mol. The highest BCUT2D eigenvalue weighted by Gasteiger charge is 2.25. The fourth-order valence-corrected chi connectivity index (χ4v) is 2.76. The largest absolute Gasteiger partial charge is 0.353 e. The molecule has 0 saturated carbocycles. The zero-order valence-corrected chi connectivity index (χ0v) is 11.4. The molecule has 98 valence electrons. The zero-order chi connectivity index (χ0) is 13.1. The first-order valence-corrected chi connectivity index (χ1v) is 6.81. The Kier molecular flexibility index (Phi) is 4.21. The lowest BCUT2D eigenvalue weighted by Gasteiger charge is -2.24. The molecular formula is C11H14ClN3O2S. The zero-order valence-electron chi connectivity index (χ0n) is 9.83. The molecule has 2 unspecified atom stereocenters. The maximum atomic E-state index is 11.9. The van der Waals surface area contributed by atoms with Gasteiger partial charge in [-0.3, -0.25) is 14.9 Å². The first kappa shape index (κ1) is 13.3. The fourth-order valence-electron chi connectivity index (χ4n) is 1.70. The van der Waals surface area contributed by atoms with E-state index in [1.165, 1.54) is 11.3 Å². The maximum Gasteiger partial charge on any atom is 0.239 e. The van der Waals surface area contributed by atoms with Gasteiger partial charge in [0.15, 0.2) is 0 Å². The van der Waals surface area contributed by atoms with Crippen molar-refractivity contribution in [1.29, 1.82) is 0 Å². The highest BCUT2D eigenvalue weighted by Crippen LogP contribution is 2.26. The molecule has 0 aromatic carbocycles. The quantitative estimate of drug-likeness (QED) is 0.765. The van der Waals surface area contributed by atoms with Crippen LogP contribution < -0.4 is 16.0 Å². The van der Waals surface area contributed by atoms with Crippen LogP contribution in [0.25, 0.3) is 0 Å². The summed E-state index contributed by atoms with van der Waals surface area (Å²) in [4.78, 5) is 23.9. The molecule has 1 saturated heterocycles. The van der Waals surface area contributed by atoms with Gasteiger partial charge in [-0.15, -0.1) is 11.3 Å². The number of nitrogens with one attached hydrogen (secondary N) is 3. The van der Waals surface area contributed by atoms with Gasteiger partial charge in [-0.05, 0) is 19.1 Å². The minimum absolute atomic E-state index is 0.0860. The van der Waals surface area contributed by atoms with E-state index in [2.05, 4.69) is 16.0 Å². The molecule has 2 atom stereocenters. The van der Waals surface area contributed by atoms with Gasteiger partial charge in [-0.25, -0.2) is 0 Å². The minimum Gasteiger partial charge on any atom is -0.353 e. The lowest BCUT2D eigenvalue weighted by molar-refractivity contribution is -0.127. The minimum atomic E-state index is -0.374. The second-order valence-corrected chi connectivity index (χ2v) is 5.86. The van der Waals surface area contributed by atoms with Gasteiger partial charge in [0.2, 0.25) is 11.8 Å². The molecule has 1 aromatic rings. The molecule has 1 aliphatic rings. The van der Waals surface area contributed by atoms with Crippen LogP contribution in [0.5, 0.6) is 0 Å². The molecule has 18 heavy (non-hydrogen) atoms. The van der Waals surface area contributed by atoms with Crippen molar-refractivity contribution in [3.8, 4) is 0 Å². The number of halogens is 1. The first-order chi connectivity index (χ1) is 8.56. The Bertz CT molecular complexity index is 453. The predicted octanol–water partition coefficient (Wildman–Crippen LogP) is 0.667. The molecule has 1 aliphatic heterocycles. The summed E-state index contributed by atoms with van der Waals surface area (Å²) in [7, 11) is 0. The predicted molar refractivity (Wildman–Crippen MR) is 70.7 cm³/mol. The van der Waals surface area contributed by atoms with E-state index in [4.69, 9.17) is 11.6 Å². The third kappa shape index (κ3) is 3.22. The van der Waals surface area contributed by atoms with Crippen LogP contribution in [0.4, 0.5) is 0 Å². The Labute approximate surface area is 114 Å². The van der Waals surface area contributed by atoms with Crippen LogP contribution in [0.15, 0.2) is 12.1 Å². The molecular weight excluding hydrogens is 274 g/mol. The van der Waals surface area contributed by atoms with Gasteiger partial charge in [-0.2, -0.15) is 0 Å². The van der Waals surface area contributed by atoms with Gasteiger partial charge in [0.25, 0.3) is 0 Å². The average Bonchev–Trinajstić information content (AvgIpc) is 2.76. The summed E-state index contributed by atoms with van der Waals surface area (Å²) in [6, 6.07) is 3.24. The number of piperazine rings is 1. The second kappa shape index (κ2) is 5.69. The van der Waals surface area contributed by atoms with E-state index in [0.29, 0.717) is 10.9 Å². The molecule has 0 aliphatic carbocycles. The summed E-state index contributed by atoms with van der Waals surface area (Å²) in [5, 5.41) is 8.43. The van der Waals surface area contributed by atoms with E-state index in [1.807, 2.05) is 19.1 Å². The third-order valence-electron chi connectivity index (χ3n) is 2.71. The van der Waals surface area contributed by atoms with Crippen LogP contribution >= 0.6 is 22.9 Å². The Hall–Kier alpha value is -1.11. The number of hydrogen-bond donors (Lipinski definition) is 3. The van der Waals surface area contributed by atoms with Crippen LogP contribution in [-0.4, -0.2) is 30.9 Å². The summed E-state index contributed by atoms with van der Waals surface area (Å²) in [6.45, 7) is 2.40. The number of hydrogen-bond acceptors (Lipinski definition) is 4. The number of rotatable bonds is 3. The van der Waals surface area contributed by atoms with Gasteiger partial charge in [0, 0.05) is 11.4 Å². The Morgan fingerprint density at radius 1 is 1.61 bits per heavy atom. The molecule has 1 aromatic heterocycles. The van der Waals surface area contributed by atoms with Crippen molar-refractivity contribution in [2.45, 2.75) is 19.0 Å². The van der Waals surface area contributed by atoms with Crippen LogP contribution in [0.1, 0.15) is 17.8 Å². The molecule has 3 N–H and O–H groups in total. The van der Waals surface area contributed by atoms with Gasteiger partial charge in [0.1, 0.15) is 6.04 Å². The van der Waals surface area contributed by atoms with Gasteiger partial charge in [-0.1, -0.05) is 11.6 Å². The normalized spacial score (nSPS) is 21.2. The van der Waals surface area contributed by atoms with Crippen molar-refractivity contribution in [2.75, 3.05) is 13.1 Å². The molecule has 1 fully saturated rings. The van der Waals surface area contributed by atoms with Crippen LogP contribution in [0.3, 0.4) is 0 Å². The number of amides is 2. The molecule has 2 rings (SSSR count). The summed E-state index contributed by atoms with van der Waals surface area (Å²) in [6.07, 6.45) is 0. The number of carbonyl (C=O) groups excluding carboxylic acids is 2. The topological polar surface area (TPSA) is 70.2 Å². The van der Waals surface area contributed by atoms with Gasteiger partial charge < -0.3 is 10.6 Å². The molecule has 5 nitrogen and oxygen atoms in total. The smallest absolute Gasteiger partial charge is 0.239 e. The van der Waals surface area contributed by atoms with Crippen molar-refractivity contribution in [3.05, 3.63) is 21.3 Å². The van der Waals surface area contributed by atoms with Crippen molar-refractivity contribution >= 4 is 34.8 Å². The summed E-state index contributed by atoms with van der Waals surface area (Å²) in [5.74, 6) is -0.204. The highest BCUT2D eigenvalue weighted by atomic mass is 35.5. The number of thiophene rings is 1. The van der Waals surface area contributed by atoms with Crippen LogP contribution in [0.2, 0.25) is 4.34 Å². The number of carbonyl (C=O) groups is 2. The van der Waals surface area contributed by atoms with Gasteiger partial charge >= 0.3 is 0 Å². The van der Waals surface area contributed by atoms with E-state index < -0.39 is 0 Å². The lowest BCUT2D eigenvalue weighted by atomic mass is 10.2. The molecule has 2 amide bonds. The lowest BCUT2D eigenvalue weighted by Crippen LogP contribution is -2.58. The highest BCUT2D eigenvalue weighted by molar-refractivity contribution is 7.16. The molecule has 2 heterocycles. The third-order valence-corrected chi connectivity index (χ3v) is 4.12. The molecule has 7 heteroatoms. The van der Waals surface area contributed by atoms with E-state index in [9.17, 15) is 9.59 Å². The van der Waals surface area contributed by atoms with Crippen LogP contribution in [0, 0.1) is 0 Å². The summed E-state index contributed by atoms with van der Waals surface area (Å²) in [5.41, 5.74) is 0. The Morgan fingerprint density at radius 3 is 2.94 bits per heavy atom. The molecule has 0 bridgehead atoms. The molecule has 0 spiro atoms.